The van der Waals surface area contributed by atoms with E-state index in [1.807, 2.05) is 0 Å². The van der Waals surface area contributed by atoms with Gasteiger partial charge in [0.1, 0.15) is 18.2 Å². The van der Waals surface area contributed by atoms with E-state index in [9.17, 15) is 19.3 Å². The van der Waals surface area contributed by atoms with Crippen LogP contribution in [0, 0.1) is 15.9 Å². The predicted molar refractivity (Wildman–Crippen MR) is 97.6 cm³/mol. The number of benzene rings is 1. The number of nitrogens with one attached hydrogen (secondary N) is 1. The topological polar surface area (TPSA) is 108 Å². The van der Waals surface area contributed by atoms with E-state index in [0.717, 1.165) is 6.20 Å². The van der Waals surface area contributed by atoms with E-state index < -0.39 is 4.92 Å². The summed E-state index contributed by atoms with van der Waals surface area (Å²) in [6, 6.07) is 6.37. The largest absolute Gasteiger partial charge is 0.308 e. The van der Waals surface area contributed by atoms with Crippen molar-refractivity contribution in [2.75, 3.05) is 5.32 Å². The number of amides is 1. The van der Waals surface area contributed by atoms with Crippen molar-refractivity contribution in [2.45, 2.75) is 19.5 Å². The minimum absolute atomic E-state index is 0.0610. The zero-order valence-corrected chi connectivity index (χ0v) is 15.5. The number of nitro groups is 1. The third-order valence-electron chi connectivity index (χ3n) is 3.66. The summed E-state index contributed by atoms with van der Waals surface area (Å²) >= 11 is 3.31. The Morgan fingerprint density at radius 3 is 2.78 bits per heavy atom. The van der Waals surface area contributed by atoms with Crippen molar-refractivity contribution < 1.29 is 14.1 Å². The van der Waals surface area contributed by atoms with Gasteiger partial charge in [0.15, 0.2) is 5.82 Å². The molecule has 0 aliphatic heterocycles. The maximum atomic E-state index is 13.7. The Labute approximate surface area is 161 Å². The van der Waals surface area contributed by atoms with Crippen LogP contribution in [-0.4, -0.2) is 30.4 Å². The lowest BCUT2D eigenvalue weighted by molar-refractivity contribution is -0.385. The molecule has 0 bridgehead atoms. The van der Waals surface area contributed by atoms with E-state index in [1.54, 1.807) is 24.4 Å². The van der Waals surface area contributed by atoms with E-state index in [4.69, 9.17) is 0 Å². The average Bonchev–Trinajstić information content (AvgIpc) is 3.22. The van der Waals surface area contributed by atoms with Crippen LogP contribution < -0.4 is 5.32 Å². The number of nitrogens with zero attached hydrogens (tertiary/aromatic N) is 5. The molecule has 0 spiro atoms. The van der Waals surface area contributed by atoms with Crippen LogP contribution in [-0.2, 0) is 17.9 Å². The Bertz CT molecular complexity index is 986. The van der Waals surface area contributed by atoms with Gasteiger partial charge in [0.05, 0.1) is 15.9 Å². The van der Waals surface area contributed by atoms with E-state index >= 15 is 0 Å². The molecule has 0 aliphatic rings. The molecule has 3 aromatic rings. The number of rotatable bonds is 7. The van der Waals surface area contributed by atoms with Crippen molar-refractivity contribution in [3.05, 3.63) is 68.8 Å². The number of halogens is 2. The van der Waals surface area contributed by atoms with E-state index in [-0.39, 0.29) is 36.9 Å². The summed E-state index contributed by atoms with van der Waals surface area (Å²) in [6.45, 7) is 0.408. The Morgan fingerprint density at radius 2 is 2.07 bits per heavy atom. The van der Waals surface area contributed by atoms with Crippen molar-refractivity contribution in [3.8, 4) is 0 Å². The first-order valence-corrected chi connectivity index (χ1v) is 8.64. The fourth-order valence-corrected chi connectivity index (χ4v) is 2.76. The van der Waals surface area contributed by atoms with Crippen LogP contribution in [0.2, 0.25) is 0 Å². The first kappa shape index (κ1) is 18.7. The maximum absolute atomic E-state index is 13.7. The zero-order chi connectivity index (χ0) is 19.4. The van der Waals surface area contributed by atoms with Crippen LogP contribution in [0.15, 0.2) is 47.3 Å². The van der Waals surface area contributed by atoms with Gasteiger partial charge in [-0.15, -0.1) is 0 Å². The molecule has 140 valence electrons. The Hall–Kier alpha value is -3.08. The molecule has 1 N–H and O–H groups in total. The van der Waals surface area contributed by atoms with E-state index in [0.29, 0.717) is 15.9 Å². The van der Waals surface area contributed by atoms with Gasteiger partial charge >= 0.3 is 5.69 Å². The molecule has 1 aromatic carbocycles. The number of carbonyl (C=O) groups is 1. The molecule has 0 unspecified atom stereocenters. The second-order valence-corrected chi connectivity index (χ2v) is 6.49. The fraction of sp³-hybridized carbons (Fsp3) is 0.188. The predicted octanol–water partition coefficient (Wildman–Crippen LogP) is 2.97. The third-order valence-corrected chi connectivity index (χ3v) is 4.24. The summed E-state index contributed by atoms with van der Waals surface area (Å²) in [5, 5.41) is 21.3. The summed E-state index contributed by atoms with van der Waals surface area (Å²) in [6.07, 6.45) is 4.08. The number of anilines is 1. The van der Waals surface area contributed by atoms with Crippen molar-refractivity contribution in [3.63, 3.8) is 0 Å². The SMILES string of the molecule is O=C(CCn1cc([N+](=O)[O-])cn1)Nc1nn(Cc2ccccc2F)cc1Br. The van der Waals surface area contributed by atoms with Gasteiger partial charge < -0.3 is 5.32 Å². The van der Waals surface area contributed by atoms with Crippen molar-refractivity contribution in [1.29, 1.82) is 0 Å². The van der Waals surface area contributed by atoms with Gasteiger partial charge in [-0.05, 0) is 22.0 Å². The number of carbonyl (C=O) groups excluding carboxylic acids is 1. The molecule has 9 nitrogen and oxygen atoms in total. The molecule has 11 heteroatoms. The number of hydrogen-bond acceptors (Lipinski definition) is 5. The van der Waals surface area contributed by atoms with Crippen molar-refractivity contribution in [1.82, 2.24) is 19.6 Å². The summed E-state index contributed by atoms with van der Waals surface area (Å²) in [4.78, 5) is 22.2. The van der Waals surface area contributed by atoms with Crippen LogP contribution in [0.5, 0.6) is 0 Å². The van der Waals surface area contributed by atoms with Gasteiger partial charge in [0.25, 0.3) is 0 Å². The second-order valence-electron chi connectivity index (χ2n) is 5.63. The lowest BCUT2D eigenvalue weighted by Crippen LogP contribution is -2.15. The van der Waals surface area contributed by atoms with Gasteiger partial charge in [-0.3, -0.25) is 24.3 Å². The highest BCUT2D eigenvalue weighted by atomic mass is 79.9. The maximum Gasteiger partial charge on any atom is 0.306 e. The van der Waals surface area contributed by atoms with Gasteiger partial charge in [0, 0.05) is 24.7 Å². The third kappa shape index (κ3) is 4.76. The highest BCUT2D eigenvalue weighted by Crippen LogP contribution is 2.21. The molecule has 0 saturated heterocycles. The van der Waals surface area contributed by atoms with Crippen LogP contribution in [0.3, 0.4) is 0 Å². The Kier molecular flexibility index (Phi) is 5.60. The summed E-state index contributed by atoms with van der Waals surface area (Å²) in [5.41, 5.74) is 0.343. The Balaban J connectivity index is 1.58. The lowest BCUT2D eigenvalue weighted by Gasteiger charge is -2.04. The normalized spacial score (nSPS) is 10.7. The first-order valence-electron chi connectivity index (χ1n) is 7.85. The van der Waals surface area contributed by atoms with Crippen LogP contribution in [0.1, 0.15) is 12.0 Å². The quantitative estimate of drug-likeness (QED) is 0.452. The van der Waals surface area contributed by atoms with Crippen molar-refractivity contribution in [2.24, 2.45) is 0 Å². The summed E-state index contributed by atoms with van der Waals surface area (Å²) in [5.74, 6) is -0.351. The molecular weight excluding hydrogens is 423 g/mol. The number of aryl methyl sites for hydroxylation is 1. The zero-order valence-electron chi connectivity index (χ0n) is 13.9. The standard InChI is InChI=1S/C16H14BrFN6O3/c17-13-10-23(8-11-3-1-2-4-14(11)18)21-16(13)20-15(25)5-6-22-9-12(7-19-22)24(26)27/h1-4,7,9-10H,5-6,8H2,(H,20,21,25). The average molecular weight is 437 g/mol. The summed E-state index contributed by atoms with van der Waals surface area (Å²) < 4.78 is 17.1. The molecule has 0 saturated carbocycles. The smallest absolute Gasteiger partial charge is 0.306 e. The molecule has 2 heterocycles. The molecule has 3 rings (SSSR count). The molecule has 1 amide bonds. The van der Waals surface area contributed by atoms with Crippen LogP contribution in [0.4, 0.5) is 15.9 Å². The van der Waals surface area contributed by atoms with Gasteiger partial charge in [-0.25, -0.2) is 4.39 Å². The molecular formula is C16H14BrFN6O3. The molecule has 0 fully saturated rings. The highest BCUT2D eigenvalue weighted by Gasteiger charge is 2.13. The van der Waals surface area contributed by atoms with E-state index in [2.05, 4.69) is 31.4 Å². The highest BCUT2D eigenvalue weighted by molar-refractivity contribution is 9.10. The molecule has 27 heavy (non-hydrogen) atoms. The van der Waals surface area contributed by atoms with Crippen LogP contribution in [0.25, 0.3) is 0 Å². The van der Waals surface area contributed by atoms with Crippen LogP contribution >= 0.6 is 15.9 Å². The minimum Gasteiger partial charge on any atom is -0.308 e. The molecule has 0 atom stereocenters. The van der Waals surface area contributed by atoms with Crippen molar-refractivity contribution >= 4 is 33.3 Å². The molecule has 2 aromatic heterocycles. The molecule has 0 aliphatic carbocycles. The first-order chi connectivity index (χ1) is 12.9. The fourth-order valence-electron chi connectivity index (χ4n) is 2.34. The summed E-state index contributed by atoms with van der Waals surface area (Å²) in [7, 11) is 0. The number of aromatic nitrogens is 4. The molecule has 0 radical (unpaired) electrons. The van der Waals surface area contributed by atoms with E-state index in [1.165, 1.54) is 21.6 Å². The Morgan fingerprint density at radius 1 is 1.30 bits per heavy atom. The van der Waals surface area contributed by atoms with Gasteiger partial charge in [0.2, 0.25) is 5.91 Å². The van der Waals surface area contributed by atoms with Gasteiger partial charge in [-0.2, -0.15) is 10.2 Å². The minimum atomic E-state index is -0.553. The van der Waals surface area contributed by atoms with Gasteiger partial charge in [-0.1, -0.05) is 18.2 Å². The lowest BCUT2D eigenvalue weighted by atomic mass is 10.2. The number of hydrogen-bond donors (Lipinski definition) is 1. The second kappa shape index (κ2) is 8.08. The monoisotopic (exact) mass is 436 g/mol.